The van der Waals surface area contributed by atoms with Crippen molar-refractivity contribution in [1.29, 1.82) is 0 Å². The Hall–Kier alpha value is -0.730. The van der Waals surface area contributed by atoms with E-state index in [9.17, 15) is 4.79 Å². The number of rotatable bonds is 3. The van der Waals surface area contributed by atoms with Gasteiger partial charge < -0.3 is 5.32 Å². The standard InChI is InChI=1S/C12H13Cl2NO/c1-7(8-2-3-8)15-12(16)9-4-5-10(13)11(14)6-9/h4-8H,2-3H2,1H3,(H,15,16). The quantitative estimate of drug-likeness (QED) is 0.882. The molecule has 2 nitrogen and oxygen atoms in total. The zero-order chi connectivity index (χ0) is 11.7. The van der Waals surface area contributed by atoms with Gasteiger partial charge in [0.25, 0.3) is 5.91 Å². The summed E-state index contributed by atoms with van der Waals surface area (Å²) in [4.78, 5) is 11.8. The fraction of sp³-hybridized carbons (Fsp3) is 0.417. The van der Waals surface area contributed by atoms with Gasteiger partial charge in [0.1, 0.15) is 0 Å². The Kier molecular flexibility index (Phi) is 3.41. The SMILES string of the molecule is CC(NC(=O)c1ccc(Cl)c(Cl)c1)C1CC1. The summed E-state index contributed by atoms with van der Waals surface area (Å²) >= 11 is 11.6. The second-order valence-electron chi connectivity index (χ2n) is 4.23. The predicted molar refractivity (Wildman–Crippen MR) is 66.1 cm³/mol. The van der Waals surface area contributed by atoms with E-state index in [2.05, 4.69) is 5.32 Å². The maximum Gasteiger partial charge on any atom is 0.251 e. The lowest BCUT2D eigenvalue weighted by atomic mass is 10.1. The number of carbonyl (C=O) groups is 1. The molecule has 16 heavy (non-hydrogen) atoms. The van der Waals surface area contributed by atoms with Crippen LogP contribution in [0, 0.1) is 5.92 Å². The van der Waals surface area contributed by atoms with E-state index in [4.69, 9.17) is 23.2 Å². The van der Waals surface area contributed by atoms with Crippen molar-refractivity contribution >= 4 is 29.1 Å². The van der Waals surface area contributed by atoms with Gasteiger partial charge in [-0.1, -0.05) is 23.2 Å². The summed E-state index contributed by atoms with van der Waals surface area (Å²) in [6.07, 6.45) is 2.42. The molecule has 1 N–H and O–H groups in total. The van der Waals surface area contributed by atoms with Gasteiger partial charge in [-0.15, -0.1) is 0 Å². The fourth-order valence-corrected chi connectivity index (χ4v) is 1.94. The molecule has 1 fully saturated rings. The van der Waals surface area contributed by atoms with E-state index < -0.39 is 0 Å². The first kappa shape index (κ1) is 11.7. The molecule has 1 aliphatic rings. The summed E-state index contributed by atoms with van der Waals surface area (Å²) < 4.78 is 0. The van der Waals surface area contributed by atoms with E-state index in [1.807, 2.05) is 6.92 Å². The van der Waals surface area contributed by atoms with Crippen molar-refractivity contribution in [1.82, 2.24) is 5.32 Å². The molecule has 1 saturated carbocycles. The molecule has 0 bridgehead atoms. The van der Waals surface area contributed by atoms with Gasteiger partial charge in [-0.05, 0) is 43.9 Å². The van der Waals surface area contributed by atoms with Crippen LogP contribution in [0.3, 0.4) is 0 Å². The van der Waals surface area contributed by atoms with Crippen molar-refractivity contribution in [2.45, 2.75) is 25.8 Å². The van der Waals surface area contributed by atoms with E-state index in [1.54, 1.807) is 18.2 Å². The molecule has 2 rings (SSSR count). The van der Waals surface area contributed by atoms with Crippen molar-refractivity contribution in [2.75, 3.05) is 0 Å². The molecule has 0 radical (unpaired) electrons. The molecule has 1 amide bonds. The van der Waals surface area contributed by atoms with Crippen molar-refractivity contribution in [3.8, 4) is 0 Å². The molecule has 1 aromatic rings. The zero-order valence-electron chi connectivity index (χ0n) is 8.97. The van der Waals surface area contributed by atoms with Gasteiger partial charge >= 0.3 is 0 Å². The maximum atomic E-state index is 11.8. The normalized spacial score (nSPS) is 16.9. The van der Waals surface area contributed by atoms with Crippen LogP contribution in [0.1, 0.15) is 30.1 Å². The van der Waals surface area contributed by atoms with E-state index in [-0.39, 0.29) is 11.9 Å². The van der Waals surface area contributed by atoms with Gasteiger partial charge in [0.2, 0.25) is 0 Å². The minimum Gasteiger partial charge on any atom is -0.349 e. The highest BCUT2D eigenvalue weighted by Crippen LogP contribution is 2.32. The second kappa shape index (κ2) is 4.64. The molecular weight excluding hydrogens is 245 g/mol. The highest BCUT2D eigenvalue weighted by molar-refractivity contribution is 6.42. The third-order valence-electron chi connectivity index (χ3n) is 2.87. The number of amides is 1. The smallest absolute Gasteiger partial charge is 0.251 e. The van der Waals surface area contributed by atoms with Crippen LogP contribution in [0.2, 0.25) is 10.0 Å². The average molecular weight is 258 g/mol. The number of halogens is 2. The molecule has 1 atom stereocenters. The van der Waals surface area contributed by atoms with Crippen LogP contribution in [0.4, 0.5) is 0 Å². The fourth-order valence-electron chi connectivity index (χ4n) is 1.64. The second-order valence-corrected chi connectivity index (χ2v) is 5.04. The summed E-state index contributed by atoms with van der Waals surface area (Å²) in [6.45, 7) is 2.03. The highest BCUT2D eigenvalue weighted by atomic mass is 35.5. The molecule has 1 aromatic carbocycles. The van der Waals surface area contributed by atoms with Crippen LogP contribution < -0.4 is 5.32 Å². The molecule has 0 spiro atoms. The first-order valence-electron chi connectivity index (χ1n) is 5.34. The van der Waals surface area contributed by atoms with Crippen LogP contribution in [0.5, 0.6) is 0 Å². The summed E-state index contributed by atoms with van der Waals surface area (Å²) in [5.41, 5.74) is 0.557. The summed E-state index contributed by atoms with van der Waals surface area (Å²) in [7, 11) is 0. The third-order valence-corrected chi connectivity index (χ3v) is 3.61. The number of carbonyl (C=O) groups excluding carboxylic acids is 1. The Morgan fingerprint density at radius 3 is 2.62 bits per heavy atom. The lowest BCUT2D eigenvalue weighted by Crippen LogP contribution is -2.33. The van der Waals surface area contributed by atoms with Gasteiger partial charge in [0, 0.05) is 11.6 Å². The Bertz CT molecular complexity index is 415. The molecule has 1 unspecified atom stereocenters. The molecule has 86 valence electrons. The van der Waals surface area contributed by atoms with E-state index in [1.165, 1.54) is 12.8 Å². The van der Waals surface area contributed by atoms with Crippen LogP contribution in [-0.4, -0.2) is 11.9 Å². The Labute approximate surface area is 105 Å². The van der Waals surface area contributed by atoms with Crippen molar-refractivity contribution in [3.63, 3.8) is 0 Å². The summed E-state index contributed by atoms with van der Waals surface area (Å²) in [5.74, 6) is 0.560. The summed E-state index contributed by atoms with van der Waals surface area (Å²) in [6, 6.07) is 5.16. The molecule has 0 heterocycles. The van der Waals surface area contributed by atoms with Gasteiger partial charge in [0.15, 0.2) is 0 Å². The molecule has 0 aromatic heterocycles. The number of nitrogens with one attached hydrogen (secondary N) is 1. The number of hydrogen-bond donors (Lipinski definition) is 1. The molecule has 0 aliphatic heterocycles. The van der Waals surface area contributed by atoms with Gasteiger partial charge in [-0.25, -0.2) is 0 Å². The van der Waals surface area contributed by atoms with Crippen molar-refractivity contribution in [3.05, 3.63) is 33.8 Å². The molecular formula is C12H13Cl2NO. The van der Waals surface area contributed by atoms with E-state index in [0.717, 1.165) is 0 Å². The van der Waals surface area contributed by atoms with Crippen LogP contribution in [0.15, 0.2) is 18.2 Å². The Morgan fingerprint density at radius 1 is 1.38 bits per heavy atom. The first-order valence-corrected chi connectivity index (χ1v) is 6.09. The average Bonchev–Trinajstić information content (AvgIpc) is 3.05. The van der Waals surface area contributed by atoms with Gasteiger partial charge in [-0.3, -0.25) is 4.79 Å². The lowest BCUT2D eigenvalue weighted by molar-refractivity contribution is 0.0936. The largest absolute Gasteiger partial charge is 0.349 e. The monoisotopic (exact) mass is 257 g/mol. The minimum atomic E-state index is -0.0852. The predicted octanol–water partition coefficient (Wildman–Crippen LogP) is 3.52. The van der Waals surface area contributed by atoms with Crippen LogP contribution in [-0.2, 0) is 0 Å². The van der Waals surface area contributed by atoms with Gasteiger partial charge in [-0.2, -0.15) is 0 Å². The van der Waals surface area contributed by atoms with E-state index in [0.29, 0.717) is 21.5 Å². The zero-order valence-corrected chi connectivity index (χ0v) is 10.5. The van der Waals surface area contributed by atoms with Crippen LogP contribution >= 0.6 is 23.2 Å². The van der Waals surface area contributed by atoms with Crippen molar-refractivity contribution < 1.29 is 4.79 Å². The summed E-state index contributed by atoms with van der Waals surface area (Å²) in [5, 5.41) is 3.84. The minimum absolute atomic E-state index is 0.0852. The molecule has 4 heteroatoms. The lowest BCUT2D eigenvalue weighted by Gasteiger charge is -2.12. The molecule has 0 saturated heterocycles. The Morgan fingerprint density at radius 2 is 2.06 bits per heavy atom. The van der Waals surface area contributed by atoms with Gasteiger partial charge in [0.05, 0.1) is 10.0 Å². The first-order chi connectivity index (χ1) is 7.58. The van der Waals surface area contributed by atoms with Crippen molar-refractivity contribution in [2.24, 2.45) is 5.92 Å². The van der Waals surface area contributed by atoms with E-state index >= 15 is 0 Å². The highest BCUT2D eigenvalue weighted by Gasteiger charge is 2.29. The topological polar surface area (TPSA) is 29.1 Å². The van der Waals surface area contributed by atoms with Crippen LogP contribution in [0.25, 0.3) is 0 Å². The number of benzene rings is 1. The third kappa shape index (κ3) is 2.69. The molecule has 1 aliphatic carbocycles. The Balaban J connectivity index is 2.05. The number of hydrogen-bond acceptors (Lipinski definition) is 1. The maximum absolute atomic E-state index is 11.8.